The van der Waals surface area contributed by atoms with Gasteiger partial charge in [0.1, 0.15) is 5.78 Å². The van der Waals surface area contributed by atoms with E-state index in [1.54, 1.807) is 5.57 Å². The van der Waals surface area contributed by atoms with Gasteiger partial charge in [0, 0.05) is 12.8 Å². The summed E-state index contributed by atoms with van der Waals surface area (Å²) in [6.07, 6.45) is 13.6. The monoisotopic (exact) mass is 300 g/mol. The van der Waals surface area contributed by atoms with Gasteiger partial charge >= 0.3 is 0 Å². The maximum Gasteiger partial charge on any atom is 0.137 e. The van der Waals surface area contributed by atoms with Crippen molar-refractivity contribution < 1.29 is 4.79 Å². The zero-order valence-electron chi connectivity index (χ0n) is 14.7. The van der Waals surface area contributed by atoms with Crippen LogP contribution in [0, 0.1) is 34.5 Å². The Morgan fingerprint density at radius 1 is 1.14 bits per heavy atom. The molecule has 6 atom stereocenters. The first-order valence-electron chi connectivity index (χ1n) is 9.70. The number of hydrogen-bond donors (Lipinski definition) is 0. The number of rotatable bonds is 1. The van der Waals surface area contributed by atoms with E-state index in [0.717, 1.165) is 30.1 Å². The number of carbonyl (C=O) groups is 1. The molecule has 0 saturated heterocycles. The van der Waals surface area contributed by atoms with Gasteiger partial charge < -0.3 is 0 Å². The summed E-state index contributed by atoms with van der Waals surface area (Å²) >= 11 is 0. The third-order valence-corrected chi connectivity index (χ3v) is 8.57. The Labute approximate surface area is 135 Å². The third-order valence-electron chi connectivity index (χ3n) is 8.57. The van der Waals surface area contributed by atoms with Crippen molar-refractivity contribution in [2.24, 2.45) is 34.5 Å². The third kappa shape index (κ3) is 1.86. The van der Waals surface area contributed by atoms with Crippen LogP contribution in [-0.4, -0.2) is 5.78 Å². The second kappa shape index (κ2) is 4.95. The first kappa shape index (κ1) is 15.0. The minimum atomic E-state index is 0.212. The van der Waals surface area contributed by atoms with E-state index in [4.69, 9.17) is 0 Å². The first-order valence-corrected chi connectivity index (χ1v) is 9.70. The van der Waals surface area contributed by atoms with Gasteiger partial charge in [-0.2, -0.15) is 0 Å². The lowest BCUT2D eigenvalue weighted by molar-refractivity contribution is -0.124. The van der Waals surface area contributed by atoms with Crippen LogP contribution >= 0.6 is 0 Å². The molecule has 3 fully saturated rings. The zero-order chi connectivity index (χ0) is 15.5. The summed E-state index contributed by atoms with van der Waals surface area (Å²) in [7, 11) is 0. The van der Waals surface area contributed by atoms with Gasteiger partial charge in [0.2, 0.25) is 0 Å². The number of allylic oxidation sites excluding steroid dienone is 2. The molecule has 0 bridgehead atoms. The summed E-state index contributed by atoms with van der Waals surface area (Å²) in [6.45, 7) is 7.43. The second-order valence-corrected chi connectivity index (χ2v) is 9.21. The summed E-state index contributed by atoms with van der Waals surface area (Å²) in [5.74, 6) is 4.05. The van der Waals surface area contributed by atoms with Crippen LogP contribution in [0.4, 0.5) is 0 Å². The van der Waals surface area contributed by atoms with Gasteiger partial charge in [-0.1, -0.05) is 38.8 Å². The molecule has 0 amide bonds. The number of ketones is 1. The summed E-state index contributed by atoms with van der Waals surface area (Å²) < 4.78 is 0. The summed E-state index contributed by atoms with van der Waals surface area (Å²) in [5, 5.41) is 0. The quantitative estimate of drug-likeness (QED) is 0.581. The highest BCUT2D eigenvalue weighted by atomic mass is 16.1. The Kier molecular flexibility index (Phi) is 3.37. The molecule has 22 heavy (non-hydrogen) atoms. The maximum atomic E-state index is 12.1. The molecule has 122 valence electrons. The summed E-state index contributed by atoms with van der Waals surface area (Å²) in [6, 6.07) is 0. The average molecular weight is 300 g/mol. The highest BCUT2D eigenvalue weighted by Crippen LogP contribution is 2.66. The molecule has 0 aliphatic heterocycles. The molecule has 0 unspecified atom stereocenters. The molecule has 0 spiro atoms. The van der Waals surface area contributed by atoms with E-state index >= 15 is 0 Å². The molecule has 0 aromatic rings. The van der Waals surface area contributed by atoms with Crippen LogP contribution in [0.2, 0.25) is 0 Å². The lowest BCUT2D eigenvalue weighted by Crippen LogP contribution is -2.50. The minimum Gasteiger partial charge on any atom is -0.299 e. The topological polar surface area (TPSA) is 17.1 Å². The van der Waals surface area contributed by atoms with Gasteiger partial charge in [-0.15, -0.1) is 0 Å². The Morgan fingerprint density at radius 3 is 2.73 bits per heavy atom. The molecule has 0 N–H and O–H groups in total. The van der Waals surface area contributed by atoms with Gasteiger partial charge in [0.25, 0.3) is 0 Å². The zero-order valence-corrected chi connectivity index (χ0v) is 14.7. The van der Waals surface area contributed by atoms with Crippen molar-refractivity contribution in [3.05, 3.63) is 11.6 Å². The van der Waals surface area contributed by atoms with E-state index in [-0.39, 0.29) is 5.41 Å². The van der Waals surface area contributed by atoms with Crippen molar-refractivity contribution in [1.29, 1.82) is 0 Å². The van der Waals surface area contributed by atoms with Crippen molar-refractivity contribution in [2.75, 3.05) is 0 Å². The van der Waals surface area contributed by atoms with Crippen LogP contribution in [0.25, 0.3) is 0 Å². The van der Waals surface area contributed by atoms with E-state index in [2.05, 4.69) is 26.8 Å². The van der Waals surface area contributed by atoms with Crippen molar-refractivity contribution >= 4 is 5.78 Å². The fraction of sp³-hybridized carbons (Fsp3) is 0.857. The number of hydrogen-bond acceptors (Lipinski definition) is 1. The summed E-state index contributed by atoms with van der Waals surface area (Å²) in [5.41, 5.74) is 2.46. The molecule has 0 radical (unpaired) electrons. The van der Waals surface area contributed by atoms with Crippen LogP contribution < -0.4 is 0 Å². The van der Waals surface area contributed by atoms with Crippen LogP contribution in [0.3, 0.4) is 0 Å². The Hall–Kier alpha value is -0.590. The average Bonchev–Trinajstić information content (AvgIpc) is 2.82. The van der Waals surface area contributed by atoms with Crippen LogP contribution in [-0.2, 0) is 4.79 Å². The lowest BCUT2D eigenvalue weighted by atomic mass is 9.47. The van der Waals surface area contributed by atoms with E-state index < -0.39 is 0 Å². The SMILES string of the molecule is CC[C@H]1CC[C@H]2[C@@H]3CCC4=CCC(=O)C[C@]4(C)[C@H]3CC[C@]12C. The first-order chi connectivity index (χ1) is 10.5. The summed E-state index contributed by atoms with van der Waals surface area (Å²) in [4.78, 5) is 12.1. The van der Waals surface area contributed by atoms with Crippen molar-refractivity contribution in [2.45, 2.75) is 78.6 Å². The van der Waals surface area contributed by atoms with E-state index in [1.165, 1.54) is 44.9 Å². The van der Waals surface area contributed by atoms with Crippen molar-refractivity contribution in [3.8, 4) is 0 Å². The molecule has 4 aliphatic carbocycles. The van der Waals surface area contributed by atoms with E-state index in [1.807, 2.05) is 0 Å². The standard InChI is InChI=1S/C21H32O/c1-4-14-7-10-18-17-9-6-15-5-8-16(22)13-21(15,3)19(17)11-12-20(14,18)2/h5,14,17-19H,4,6-13H2,1-3H3/t14-,17-,18-,19-,20+,21-/m0/s1. The fourth-order valence-electron chi connectivity index (χ4n) is 7.40. The fourth-order valence-corrected chi connectivity index (χ4v) is 7.40. The van der Waals surface area contributed by atoms with Crippen LogP contribution in [0.1, 0.15) is 78.6 Å². The maximum absolute atomic E-state index is 12.1. The Morgan fingerprint density at radius 2 is 1.95 bits per heavy atom. The van der Waals surface area contributed by atoms with Gasteiger partial charge in [0.05, 0.1) is 0 Å². The van der Waals surface area contributed by atoms with Gasteiger partial charge in [-0.05, 0) is 73.0 Å². The largest absolute Gasteiger partial charge is 0.299 e. The highest BCUT2D eigenvalue weighted by Gasteiger charge is 2.58. The molecule has 0 aromatic heterocycles. The Balaban J connectivity index is 1.67. The molecule has 0 heterocycles. The Bertz CT molecular complexity index is 518. The normalized spacial score (nSPS) is 50.9. The van der Waals surface area contributed by atoms with Gasteiger partial charge in [-0.3, -0.25) is 4.79 Å². The molecular formula is C21H32O. The van der Waals surface area contributed by atoms with E-state index in [9.17, 15) is 4.79 Å². The van der Waals surface area contributed by atoms with Gasteiger partial charge in [0.15, 0.2) is 0 Å². The predicted molar refractivity (Wildman–Crippen MR) is 90.5 cm³/mol. The van der Waals surface area contributed by atoms with E-state index in [0.29, 0.717) is 17.6 Å². The molecule has 4 aliphatic rings. The molecule has 1 heteroatoms. The highest BCUT2D eigenvalue weighted by molar-refractivity contribution is 5.82. The van der Waals surface area contributed by atoms with Crippen molar-refractivity contribution in [3.63, 3.8) is 0 Å². The molecule has 1 nitrogen and oxygen atoms in total. The lowest BCUT2D eigenvalue weighted by Gasteiger charge is -2.58. The van der Waals surface area contributed by atoms with Crippen molar-refractivity contribution in [1.82, 2.24) is 0 Å². The predicted octanol–water partition coefficient (Wildman–Crippen LogP) is 5.54. The second-order valence-electron chi connectivity index (χ2n) is 9.21. The number of fused-ring (bicyclic) bond motifs is 5. The number of carbonyl (C=O) groups excluding carboxylic acids is 1. The van der Waals surface area contributed by atoms with Crippen LogP contribution in [0.15, 0.2) is 11.6 Å². The minimum absolute atomic E-state index is 0.212. The molecule has 4 rings (SSSR count). The van der Waals surface area contributed by atoms with Crippen LogP contribution in [0.5, 0.6) is 0 Å². The molecular weight excluding hydrogens is 268 g/mol. The van der Waals surface area contributed by atoms with Gasteiger partial charge in [-0.25, -0.2) is 0 Å². The molecule has 3 saturated carbocycles. The number of Topliss-reactive ketones (excluding diaryl/α,β-unsaturated/α-hetero) is 1. The smallest absolute Gasteiger partial charge is 0.137 e. The molecule has 0 aromatic carbocycles.